The molecule has 1 saturated heterocycles. The molecule has 1 heterocycles. The van der Waals surface area contributed by atoms with Crippen LogP contribution in [0.25, 0.3) is 0 Å². The molecule has 2 N–H and O–H groups in total. The number of carbonyl (C=O) groups excluding carboxylic acids is 1. The minimum atomic E-state index is -3.47. The topological polar surface area (TPSA) is 84.5 Å². The molecule has 2 rings (SSSR count). The lowest BCUT2D eigenvalue weighted by Gasteiger charge is -2.14. The molecule has 116 valence electrons. The van der Waals surface area contributed by atoms with Gasteiger partial charge in [0, 0.05) is 18.2 Å². The molecule has 0 spiro atoms. The lowest BCUT2D eigenvalue weighted by atomic mass is 10.1. The average molecular weight is 333 g/mol. The summed E-state index contributed by atoms with van der Waals surface area (Å²) in [5, 5.41) is 3.09. The number of nitrogens with one attached hydrogen (secondary N) is 2. The zero-order valence-corrected chi connectivity index (χ0v) is 13.1. The summed E-state index contributed by atoms with van der Waals surface area (Å²) in [6, 6.07) is 4.41. The third-order valence-corrected chi connectivity index (χ3v) is 3.86. The Bertz CT molecular complexity index is 627. The second-order valence-corrected chi connectivity index (χ2v) is 7.09. The second-order valence-electron chi connectivity index (χ2n) is 4.91. The molecular weight excluding hydrogens is 316 g/mol. The highest BCUT2D eigenvalue weighted by Gasteiger charge is 2.19. The van der Waals surface area contributed by atoms with Gasteiger partial charge in [0.25, 0.3) is 5.91 Å². The summed E-state index contributed by atoms with van der Waals surface area (Å²) in [5.41, 5.74) is 0.387. The number of ether oxygens (including phenoxy) is 1. The maximum Gasteiger partial charge on any atom is 0.253 e. The number of benzene rings is 1. The minimum absolute atomic E-state index is 0.0134. The van der Waals surface area contributed by atoms with Gasteiger partial charge in [0.1, 0.15) is 0 Å². The van der Waals surface area contributed by atoms with E-state index >= 15 is 0 Å². The van der Waals surface area contributed by atoms with E-state index in [1.54, 1.807) is 0 Å². The molecule has 1 aliphatic rings. The lowest BCUT2D eigenvalue weighted by molar-refractivity contribution is 0.0858. The van der Waals surface area contributed by atoms with Crippen molar-refractivity contribution in [2.24, 2.45) is 0 Å². The molecule has 1 aliphatic heterocycles. The van der Waals surface area contributed by atoms with Gasteiger partial charge >= 0.3 is 0 Å². The Labute approximate surface area is 128 Å². The predicted molar refractivity (Wildman–Crippen MR) is 81.2 cm³/mol. The van der Waals surface area contributed by atoms with E-state index in [1.807, 2.05) is 0 Å². The monoisotopic (exact) mass is 332 g/mol. The summed E-state index contributed by atoms with van der Waals surface area (Å²) in [4.78, 5) is 12.2. The van der Waals surface area contributed by atoms with Crippen molar-refractivity contribution in [1.82, 2.24) is 5.32 Å². The minimum Gasteiger partial charge on any atom is -0.376 e. The second kappa shape index (κ2) is 6.64. The van der Waals surface area contributed by atoms with Crippen LogP contribution in [0.15, 0.2) is 18.2 Å². The van der Waals surface area contributed by atoms with E-state index in [4.69, 9.17) is 16.3 Å². The Kier molecular flexibility index (Phi) is 5.08. The SMILES string of the molecule is CS(=O)(=O)Nc1ccc(Cl)cc1C(=O)NCC1CCCO1. The quantitative estimate of drug-likeness (QED) is 0.858. The molecule has 1 unspecified atom stereocenters. The van der Waals surface area contributed by atoms with E-state index in [2.05, 4.69) is 10.0 Å². The third kappa shape index (κ3) is 4.87. The van der Waals surface area contributed by atoms with E-state index in [0.717, 1.165) is 19.1 Å². The van der Waals surface area contributed by atoms with Crippen molar-refractivity contribution in [3.63, 3.8) is 0 Å². The summed E-state index contributed by atoms with van der Waals surface area (Å²) >= 11 is 5.88. The third-order valence-electron chi connectivity index (χ3n) is 3.04. The van der Waals surface area contributed by atoms with Crippen LogP contribution in [0, 0.1) is 0 Å². The van der Waals surface area contributed by atoms with Crippen molar-refractivity contribution >= 4 is 33.2 Å². The number of anilines is 1. The molecule has 1 atom stereocenters. The lowest BCUT2D eigenvalue weighted by Crippen LogP contribution is -2.32. The molecule has 1 fully saturated rings. The van der Waals surface area contributed by atoms with Crippen molar-refractivity contribution in [2.75, 3.05) is 24.1 Å². The largest absolute Gasteiger partial charge is 0.376 e. The van der Waals surface area contributed by atoms with Crippen LogP contribution < -0.4 is 10.0 Å². The van der Waals surface area contributed by atoms with Crippen LogP contribution in [0.2, 0.25) is 5.02 Å². The van der Waals surface area contributed by atoms with Crippen molar-refractivity contribution in [3.05, 3.63) is 28.8 Å². The van der Waals surface area contributed by atoms with Crippen LogP contribution in [-0.4, -0.2) is 39.8 Å². The van der Waals surface area contributed by atoms with Gasteiger partial charge in [-0.25, -0.2) is 8.42 Å². The van der Waals surface area contributed by atoms with Gasteiger partial charge in [-0.3, -0.25) is 9.52 Å². The smallest absolute Gasteiger partial charge is 0.253 e. The van der Waals surface area contributed by atoms with Gasteiger partial charge in [0.2, 0.25) is 10.0 Å². The molecule has 6 nitrogen and oxygen atoms in total. The van der Waals surface area contributed by atoms with Gasteiger partial charge in [0.15, 0.2) is 0 Å². The highest BCUT2D eigenvalue weighted by atomic mass is 35.5. The predicted octanol–water partition coefficient (Wildman–Crippen LogP) is 1.62. The Morgan fingerprint density at radius 1 is 1.48 bits per heavy atom. The van der Waals surface area contributed by atoms with Crippen molar-refractivity contribution in [2.45, 2.75) is 18.9 Å². The normalized spacial score (nSPS) is 18.5. The average Bonchev–Trinajstić information content (AvgIpc) is 2.89. The summed E-state index contributed by atoms with van der Waals surface area (Å²) in [6.07, 6.45) is 2.93. The summed E-state index contributed by atoms with van der Waals surface area (Å²) < 4.78 is 30.4. The highest BCUT2D eigenvalue weighted by Crippen LogP contribution is 2.22. The zero-order chi connectivity index (χ0) is 15.5. The van der Waals surface area contributed by atoms with Crippen LogP contribution >= 0.6 is 11.6 Å². The number of amides is 1. The Morgan fingerprint density at radius 3 is 2.86 bits per heavy atom. The molecule has 0 aliphatic carbocycles. The Hall–Kier alpha value is -1.31. The van der Waals surface area contributed by atoms with E-state index < -0.39 is 10.0 Å². The summed E-state index contributed by atoms with van der Waals surface area (Å²) in [6.45, 7) is 1.10. The van der Waals surface area contributed by atoms with Crippen LogP contribution in [0.5, 0.6) is 0 Å². The Balaban J connectivity index is 2.12. The fraction of sp³-hybridized carbons (Fsp3) is 0.462. The number of sulfonamides is 1. The molecule has 1 aromatic carbocycles. The van der Waals surface area contributed by atoms with Crippen molar-refractivity contribution < 1.29 is 17.9 Å². The molecule has 1 amide bonds. The van der Waals surface area contributed by atoms with E-state index in [0.29, 0.717) is 18.2 Å². The van der Waals surface area contributed by atoms with Crippen molar-refractivity contribution in [3.8, 4) is 0 Å². The number of hydrogen-bond donors (Lipinski definition) is 2. The van der Waals surface area contributed by atoms with E-state index in [-0.39, 0.29) is 23.3 Å². The van der Waals surface area contributed by atoms with Crippen LogP contribution in [0.4, 0.5) is 5.69 Å². The number of rotatable bonds is 5. The van der Waals surface area contributed by atoms with Gasteiger partial charge in [-0.05, 0) is 31.0 Å². The maximum atomic E-state index is 12.2. The number of halogens is 1. The summed E-state index contributed by atoms with van der Waals surface area (Å²) in [7, 11) is -3.47. The molecule has 21 heavy (non-hydrogen) atoms. The van der Waals surface area contributed by atoms with Crippen LogP contribution in [0.1, 0.15) is 23.2 Å². The highest BCUT2D eigenvalue weighted by molar-refractivity contribution is 7.92. The molecular formula is C13H17ClN2O4S. The van der Waals surface area contributed by atoms with Crippen LogP contribution in [0.3, 0.4) is 0 Å². The van der Waals surface area contributed by atoms with Gasteiger partial charge in [-0.2, -0.15) is 0 Å². The maximum absolute atomic E-state index is 12.2. The first kappa shape index (κ1) is 16.1. The molecule has 0 bridgehead atoms. The van der Waals surface area contributed by atoms with Gasteiger partial charge in [0.05, 0.1) is 23.6 Å². The van der Waals surface area contributed by atoms with Gasteiger partial charge < -0.3 is 10.1 Å². The molecule has 8 heteroatoms. The van der Waals surface area contributed by atoms with Crippen molar-refractivity contribution in [1.29, 1.82) is 0 Å². The zero-order valence-electron chi connectivity index (χ0n) is 11.6. The molecule has 1 aromatic rings. The molecule has 0 radical (unpaired) electrons. The first-order valence-electron chi connectivity index (χ1n) is 6.52. The number of hydrogen-bond acceptors (Lipinski definition) is 4. The van der Waals surface area contributed by atoms with E-state index in [9.17, 15) is 13.2 Å². The van der Waals surface area contributed by atoms with Crippen LogP contribution in [-0.2, 0) is 14.8 Å². The molecule has 0 aromatic heterocycles. The number of carbonyl (C=O) groups is 1. The van der Waals surface area contributed by atoms with Gasteiger partial charge in [-0.15, -0.1) is 0 Å². The first-order valence-corrected chi connectivity index (χ1v) is 8.79. The summed E-state index contributed by atoms with van der Waals surface area (Å²) in [5.74, 6) is -0.390. The first-order chi connectivity index (χ1) is 9.85. The van der Waals surface area contributed by atoms with E-state index in [1.165, 1.54) is 18.2 Å². The fourth-order valence-corrected chi connectivity index (χ4v) is 2.85. The fourth-order valence-electron chi connectivity index (χ4n) is 2.10. The van der Waals surface area contributed by atoms with Gasteiger partial charge in [-0.1, -0.05) is 11.6 Å². The molecule has 0 saturated carbocycles. The Morgan fingerprint density at radius 2 is 2.24 bits per heavy atom. The standard InChI is InChI=1S/C13H17ClN2O4S/c1-21(18,19)16-12-5-4-9(14)7-11(12)13(17)15-8-10-3-2-6-20-10/h4-5,7,10,16H,2-3,6,8H2,1H3,(H,15,17).